The van der Waals surface area contributed by atoms with Crippen molar-refractivity contribution in [2.75, 3.05) is 0 Å². The van der Waals surface area contributed by atoms with Crippen molar-refractivity contribution in [3.63, 3.8) is 0 Å². The van der Waals surface area contributed by atoms with E-state index in [-0.39, 0.29) is 25.3 Å². The van der Waals surface area contributed by atoms with Gasteiger partial charge in [0.05, 0.1) is 0 Å². The lowest BCUT2D eigenvalue weighted by Crippen LogP contribution is -2.45. The molecule has 1 aromatic rings. The number of ether oxygens (including phenoxy) is 1. The Morgan fingerprint density at radius 3 is 2.60 bits per heavy atom. The zero-order chi connectivity index (χ0) is 18.8. The Kier molecular flexibility index (Phi) is 5.25. The molecule has 0 saturated heterocycles. The van der Waals surface area contributed by atoms with E-state index in [9.17, 15) is 19.2 Å². The number of rotatable bonds is 6. The number of carbonyl (C=O) groups is 4. The SMILES string of the molecule is CC(C)(C)OC(=O)CCC(C(N)=O)N1Cc2cc(C=O)ccc2C1=O. The summed E-state index contributed by atoms with van der Waals surface area (Å²) in [5.74, 6) is -1.47. The van der Waals surface area contributed by atoms with Gasteiger partial charge in [-0.25, -0.2) is 0 Å². The van der Waals surface area contributed by atoms with Crippen LogP contribution in [0, 0.1) is 0 Å². The third kappa shape index (κ3) is 4.43. The number of nitrogens with two attached hydrogens (primary N) is 1. The van der Waals surface area contributed by atoms with E-state index in [1.807, 2.05) is 0 Å². The molecule has 1 aromatic carbocycles. The Balaban J connectivity index is 2.11. The van der Waals surface area contributed by atoms with E-state index in [4.69, 9.17) is 10.5 Å². The van der Waals surface area contributed by atoms with E-state index in [0.717, 1.165) is 0 Å². The minimum Gasteiger partial charge on any atom is -0.460 e. The van der Waals surface area contributed by atoms with Crippen LogP contribution in [0.5, 0.6) is 0 Å². The van der Waals surface area contributed by atoms with Gasteiger partial charge in [0.2, 0.25) is 5.91 Å². The molecule has 1 aliphatic rings. The second kappa shape index (κ2) is 7.04. The van der Waals surface area contributed by atoms with Crippen LogP contribution in [0.1, 0.15) is 59.9 Å². The molecule has 0 saturated carbocycles. The normalized spacial score (nSPS) is 14.8. The average Bonchev–Trinajstić information content (AvgIpc) is 2.81. The molecule has 0 radical (unpaired) electrons. The molecule has 0 aliphatic carbocycles. The average molecular weight is 346 g/mol. The number of benzene rings is 1. The summed E-state index contributed by atoms with van der Waals surface area (Å²) < 4.78 is 5.22. The van der Waals surface area contributed by atoms with Crippen molar-refractivity contribution in [1.29, 1.82) is 0 Å². The lowest BCUT2D eigenvalue weighted by atomic mass is 10.1. The monoisotopic (exact) mass is 346 g/mol. The van der Waals surface area contributed by atoms with Crippen LogP contribution in [0.15, 0.2) is 18.2 Å². The maximum Gasteiger partial charge on any atom is 0.306 e. The van der Waals surface area contributed by atoms with Crippen LogP contribution in [0.3, 0.4) is 0 Å². The van der Waals surface area contributed by atoms with Crippen molar-refractivity contribution >= 4 is 24.1 Å². The number of hydrogen-bond donors (Lipinski definition) is 1. The molecular weight excluding hydrogens is 324 g/mol. The van der Waals surface area contributed by atoms with Crippen LogP contribution < -0.4 is 5.73 Å². The molecule has 1 atom stereocenters. The standard InChI is InChI=1S/C18H22N2O5/c1-18(2,3)25-15(22)7-6-14(16(19)23)20-9-12-8-11(10-21)4-5-13(12)17(20)24/h4-5,8,10,14H,6-7,9H2,1-3H3,(H2,19,23). The number of amides is 2. The molecule has 7 nitrogen and oxygen atoms in total. The van der Waals surface area contributed by atoms with E-state index in [1.54, 1.807) is 39.0 Å². The fourth-order valence-corrected chi connectivity index (χ4v) is 2.79. The molecule has 0 aromatic heterocycles. The zero-order valence-electron chi connectivity index (χ0n) is 14.6. The summed E-state index contributed by atoms with van der Waals surface area (Å²) in [5, 5.41) is 0. The highest BCUT2D eigenvalue weighted by Gasteiger charge is 2.36. The molecular formula is C18H22N2O5. The minimum atomic E-state index is -0.910. The van der Waals surface area contributed by atoms with Gasteiger partial charge in [0.25, 0.3) is 5.91 Å². The Morgan fingerprint density at radius 1 is 1.36 bits per heavy atom. The van der Waals surface area contributed by atoms with E-state index in [2.05, 4.69) is 0 Å². The number of nitrogens with zero attached hydrogens (tertiary/aromatic N) is 1. The molecule has 1 heterocycles. The molecule has 2 amide bonds. The van der Waals surface area contributed by atoms with E-state index >= 15 is 0 Å². The molecule has 2 rings (SSSR count). The van der Waals surface area contributed by atoms with Gasteiger partial charge in [-0.3, -0.25) is 19.2 Å². The summed E-state index contributed by atoms with van der Waals surface area (Å²) in [6.45, 7) is 5.43. The summed E-state index contributed by atoms with van der Waals surface area (Å²) in [4.78, 5) is 48.4. The first-order valence-electron chi connectivity index (χ1n) is 8.02. The smallest absolute Gasteiger partial charge is 0.306 e. The molecule has 0 spiro atoms. The van der Waals surface area contributed by atoms with Gasteiger partial charge in [-0.1, -0.05) is 6.07 Å². The molecule has 0 bridgehead atoms. The predicted octanol–water partition coefficient (Wildman–Crippen LogP) is 1.43. The largest absolute Gasteiger partial charge is 0.460 e. The summed E-state index contributed by atoms with van der Waals surface area (Å²) in [5.41, 5.74) is 6.38. The molecule has 7 heteroatoms. The maximum atomic E-state index is 12.5. The topological polar surface area (TPSA) is 107 Å². The quantitative estimate of drug-likeness (QED) is 0.619. The summed E-state index contributed by atoms with van der Waals surface area (Å²) >= 11 is 0. The number of aldehydes is 1. The minimum absolute atomic E-state index is 0.0232. The third-order valence-corrected chi connectivity index (χ3v) is 3.84. The van der Waals surface area contributed by atoms with E-state index < -0.39 is 23.5 Å². The van der Waals surface area contributed by atoms with Crippen molar-refractivity contribution in [3.8, 4) is 0 Å². The van der Waals surface area contributed by atoms with Gasteiger partial charge in [0, 0.05) is 24.1 Å². The lowest BCUT2D eigenvalue weighted by Gasteiger charge is -2.25. The van der Waals surface area contributed by atoms with Crippen molar-refractivity contribution in [2.45, 2.75) is 51.8 Å². The molecule has 1 unspecified atom stereocenters. The van der Waals surface area contributed by atoms with Gasteiger partial charge >= 0.3 is 5.97 Å². The first kappa shape index (κ1) is 18.6. The lowest BCUT2D eigenvalue weighted by molar-refractivity contribution is -0.155. The summed E-state index contributed by atoms with van der Waals surface area (Å²) in [7, 11) is 0. The van der Waals surface area contributed by atoms with Crippen LogP contribution in [0.25, 0.3) is 0 Å². The van der Waals surface area contributed by atoms with Crippen LogP contribution >= 0.6 is 0 Å². The Labute approximate surface area is 146 Å². The van der Waals surface area contributed by atoms with Gasteiger partial charge in [-0.2, -0.15) is 0 Å². The molecule has 25 heavy (non-hydrogen) atoms. The van der Waals surface area contributed by atoms with E-state index in [0.29, 0.717) is 23.0 Å². The van der Waals surface area contributed by atoms with Crippen LogP contribution in [-0.2, 0) is 20.9 Å². The Hall–Kier alpha value is -2.70. The van der Waals surface area contributed by atoms with E-state index in [1.165, 1.54) is 4.90 Å². The molecule has 2 N–H and O–H groups in total. The third-order valence-electron chi connectivity index (χ3n) is 3.84. The molecule has 134 valence electrons. The predicted molar refractivity (Wildman–Crippen MR) is 89.8 cm³/mol. The Bertz CT molecular complexity index is 721. The highest BCUT2D eigenvalue weighted by Crippen LogP contribution is 2.27. The van der Waals surface area contributed by atoms with Gasteiger partial charge in [0.15, 0.2) is 0 Å². The van der Waals surface area contributed by atoms with Crippen molar-refractivity contribution < 1.29 is 23.9 Å². The molecule has 1 aliphatic heterocycles. The van der Waals surface area contributed by atoms with Gasteiger partial charge in [0.1, 0.15) is 17.9 Å². The summed E-state index contributed by atoms with van der Waals surface area (Å²) in [6.07, 6.45) is 0.761. The van der Waals surface area contributed by atoms with Gasteiger partial charge in [-0.05, 0) is 44.9 Å². The van der Waals surface area contributed by atoms with Crippen LogP contribution in [0.2, 0.25) is 0 Å². The van der Waals surface area contributed by atoms with Crippen molar-refractivity contribution in [1.82, 2.24) is 4.90 Å². The second-order valence-electron chi connectivity index (χ2n) is 7.01. The second-order valence-corrected chi connectivity index (χ2v) is 7.01. The number of carbonyl (C=O) groups excluding carboxylic acids is 4. The zero-order valence-corrected chi connectivity index (χ0v) is 14.6. The Morgan fingerprint density at radius 2 is 2.04 bits per heavy atom. The van der Waals surface area contributed by atoms with Crippen LogP contribution in [0.4, 0.5) is 0 Å². The fourth-order valence-electron chi connectivity index (χ4n) is 2.79. The number of esters is 1. The summed E-state index contributed by atoms with van der Waals surface area (Å²) in [6, 6.07) is 3.82. The first-order chi connectivity index (χ1) is 11.6. The van der Waals surface area contributed by atoms with Crippen molar-refractivity contribution in [3.05, 3.63) is 34.9 Å². The first-order valence-corrected chi connectivity index (χ1v) is 8.02. The number of fused-ring (bicyclic) bond motifs is 1. The van der Waals surface area contributed by atoms with Crippen LogP contribution in [-0.4, -0.2) is 40.6 Å². The number of primary amides is 1. The highest BCUT2D eigenvalue weighted by atomic mass is 16.6. The van der Waals surface area contributed by atoms with Crippen molar-refractivity contribution in [2.24, 2.45) is 5.73 Å². The molecule has 0 fully saturated rings. The van der Waals surface area contributed by atoms with Gasteiger partial charge < -0.3 is 15.4 Å². The maximum absolute atomic E-state index is 12.5. The fraction of sp³-hybridized carbons (Fsp3) is 0.444. The number of hydrogen-bond acceptors (Lipinski definition) is 5. The van der Waals surface area contributed by atoms with Gasteiger partial charge in [-0.15, -0.1) is 0 Å². The highest BCUT2D eigenvalue weighted by molar-refractivity contribution is 6.01.